The van der Waals surface area contributed by atoms with Crippen LogP contribution in [-0.2, 0) is 0 Å². The Balaban J connectivity index is 3.09. The third-order valence-corrected chi connectivity index (χ3v) is 5.58. The number of likely N-dealkylation sites (N-methyl/N-ethyl adjacent to an activating group) is 1. The van der Waals surface area contributed by atoms with E-state index in [0.29, 0.717) is 6.04 Å². The average molecular weight is 293 g/mol. The zero-order chi connectivity index (χ0) is 16.0. The van der Waals surface area contributed by atoms with Gasteiger partial charge in [0.15, 0.2) is 0 Å². The van der Waals surface area contributed by atoms with Gasteiger partial charge in [-0.1, -0.05) is 51.3 Å². The Kier molecular flexibility index (Phi) is 7.20. The van der Waals surface area contributed by atoms with Crippen molar-refractivity contribution < 1.29 is 4.48 Å². The Morgan fingerprint density at radius 3 is 2.48 bits per heavy atom. The van der Waals surface area contributed by atoms with Crippen LogP contribution in [0.2, 0.25) is 0 Å². The van der Waals surface area contributed by atoms with E-state index in [1.165, 1.54) is 43.3 Å². The maximum atomic E-state index is 4.36. The van der Waals surface area contributed by atoms with Gasteiger partial charge in [-0.2, -0.15) is 0 Å². The van der Waals surface area contributed by atoms with Crippen LogP contribution in [-0.4, -0.2) is 30.2 Å². The molecule has 0 bridgehead atoms. The molecule has 0 aromatic carbocycles. The van der Waals surface area contributed by atoms with Crippen molar-refractivity contribution in [2.45, 2.75) is 85.2 Å². The van der Waals surface area contributed by atoms with E-state index in [-0.39, 0.29) is 0 Å². The molecule has 1 aliphatic rings. The van der Waals surface area contributed by atoms with E-state index in [0.717, 1.165) is 29.4 Å². The van der Waals surface area contributed by atoms with Crippen LogP contribution in [0.25, 0.3) is 0 Å². The van der Waals surface area contributed by atoms with Crippen molar-refractivity contribution in [3.05, 3.63) is 23.8 Å². The minimum atomic E-state index is 0.659. The molecule has 1 rings (SSSR count). The predicted molar refractivity (Wildman–Crippen MR) is 95.4 cm³/mol. The summed E-state index contributed by atoms with van der Waals surface area (Å²) in [5.41, 5.74) is 2.94. The maximum Gasteiger partial charge on any atom is 0.101 e. The first kappa shape index (κ1) is 18.5. The van der Waals surface area contributed by atoms with Gasteiger partial charge in [-0.3, -0.25) is 0 Å². The van der Waals surface area contributed by atoms with Crippen molar-refractivity contribution in [3.63, 3.8) is 0 Å². The largest absolute Gasteiger partial charge is 0.318 e. The summed E-state index contributed by atoms with van der Waals surface area (Å²) in [5, 5.41) is 0. The SMILES string of the molecule is C=C1CC(C)=CC(CCCCC)C(CC)[N+](C)(C(C)C)C1. The van der Waals surface area contributed by atoms with Gasteiger partial charge in [0.1, 0.15) is 6.54 Å². The van der Waals surface area contributed by atoms with Crippen molar-refractivity contribution in [2.75, 3.05) is 13.6 Å². The van der Waals surface area contributed by atoms with E-state index in [4.69, 9.17) is 0 Å². The normalized spacial score (nSPS) is 31.0. The first-order chi connectivity index (χ1) is 9.85. The second-order valence-electron chi connectivity index (χ2n) is 7.67. The first-order valence-corrected chi connectivity index (χ1v) is 9.03. The highest BCUT2D eigenvalue weighted by Crippen LogP contribution is 2.34. The molecule has 0 radical (unpaired) electrons. The Hall–Kier alpha value is -0.560. The molecule has 1 heteroatoms. The fourth-order valence-electron chi connectivity index (χ4n) is 4.21. The number of unbranched alkanes of at least 4 members (excludes halogenated alkanes) is 2. The van der Waals surface area contributed by atoms with Gasteiger partial charge in [0.05, 0.1) is 19.1 Å². The topological polar surface area (TPSA) is 0 Å². The standard InChI is InChI=1S/C20H38N/c1-8-10-11-12-19-14-17(5)13-18(6)15-21(7,16(3)4)20(19)9-2/h14,16,19-20H,6,8-13,15H2,1-5,7H3/q+1. The van der Waals surface area contributed by atoms with Crippen molar-refractivity contribution in [1.29, 1.82) is 0 Å². The predicted octanol–water partition coefficient (Wildman–Crippen LogP) is 5.72. The minimum absolute atomic E-state index is 0.659. The number of quaternary nitrogens is 1. The first-order valence-electron chi connectivity index (χ1n) is 9.03. The second-order valence-corrected chi connectivity index (χ2v) is 7.67. The Morgan fingerprint density at radius 1 is 1.29 bits per heavy atom. The Labute approximate surface area is 133 Å². The summed E-state index contributed by atoms with van der Waals surface area (Å²) < 4.78 is 1.16. The van der Waals surface area contributed by atoms with Crippen LogP contribution < -0.4 is 0 Å². The van der Waals surface area contributed by atoms with Crippen LogP contribution in [0.1, 0.15) is 73.1 Å². The number of hydrogen-bond donors (Lipinski definition) is 0. The minimum Gasteiger partial charge on any atom is -0.318 e. The Bertz CT molecular complexity index is 366. The molecule has 1 nitrogen and oxygen atoms in total. The molecule has 1 heterocycles. The van der Waals surface area contributed by atoms with E-state index in [2.05, 4.69) is 54.3 Å². The number of hydrogen-bond acceptors (Lipinski definition) is 0. The summed E-state index contributed by atoms with van der Waals surface area (Å²) in [5.74, 6) is 0.738. The lowest BCUT2D eigenvalue weighted by molar-refractivity contribution is -0.952. The lowest BCUT2D eigenvalue weighted by atomic mass is 9.83. The van der Waals surface area contributed by atoms with E-state index < -0.39 is 0 Å². The van der Waals surface area contributed by atoms with Crippen LogP contribution in [0.4, 0.5) is 0 Å². The molecule has 0 fully saturated rings. The number of allylic oxidation sites excluding steroid dienone is 1. The van der Waals surface area contributed by atoms with Gasteiger partial charge in [-0.05, 0) is 45.6 Å². The highest BCUT2D eigenvalue weighted by Gasteiger charge is 2.40. The zero-order valence-electron chi connectivity index (χ0n) is 15.4. The lowest BCUT2D eigenvalue weighted by Crippen LogP contribution is -2.60. The van der Waals surface area contributed by atoms with Gasteiger partial charge in [0, 0.05) is 5.92 Å². The molecule has 0 aliphatic carbocycles. The summed E-state index contributed by atoms with van der Waals surface area (Å²) in [6, 6.07) is 1.39. The van der Waals surface area contributed by atoms with Gasteiger partial charge >= 0.3 is 0 Å². The maximum absolute atomic E-state index is 4.36. The van der Waals surface area contributed by atoms with Gasteiger partial charge in [-0.15, -0.1) is 0 Å². The molecule has 3 unspecified atom stereocenters. The van der Waals surface area contributed by atoms with Gasteiger partial charge in [0.2, 0.25) is 0 Å². The summed E-state index contributed by atoms with van der Waals surface area (Å²) >= 11 is 0. The highest BCUT2D eigenvalue weighted by atomic mass is 15.4. The molecule has 3 atom stereocenters. The molecule has 0 aromatic rings. The van der Waals surface area contributed by atoms with Crippen LogP contribution in [0.5, 0.6) is 0 Å². The third-order valence-electron chi connectivity index (χ3n) is 5.58. The molecular formula is C20H38N+. The van der Waals surface area contributed by atoms with Crippen molar-refractivity contribution >= 4 is 0 Å². The monoisotopic (exact) mass is 292 g/mol. The van der Waals surface area contributed by atoms with E-state index in [9.17, 15) is 0 Å². The molecule has 0 amide bonds. The van der Waals surface area contributed by atoms with Crippen LogP contribution in [0, 0.1) is 5.92 Å². The fourth-order valence-corrected chi connectivity index (χ4v) is 4.21. The molecule has 0 aromatic heterocycles. The Morgan fingerprint density at radius 2 is 1.95 bits per heavy atom. The van der Waals surface area contributed by atoms with E-state index >= 15 is 0 Å². The van der Waals surface area contributed by atoms with Crippen molar-refractivity contribution in [2.24, 2.45) is 5.92 Å². The van der Waals surface area contributed by atoms with Crippen LogP contribution in [0.15, 0.2) is 23.8 Å². The molecule has 0 saturated heterocycles. The fraction of sp³-hybridized carbons (Fsp3) is 0.800. The van der Waals surface area contributed by atoms with Crippen LogP contribution >= 0.6 is 0 Å². The summed E-state index contributed by atoms with van der Waals surface area (Å²) in [4.78, 5) is 0. The molecule has 122 valence electrons. The highest BCUT2D eigenvalue weighted by molar-refractivity contribution is 5.15. The zero-order valence-corrected chi connectivity index (χ0v) is 15.4. The molecule has 0 spiro atoms. The smallest absolute Gasteiger partial charge is 0.101 e. The van der Waals surface area contributed by atoms with Gasteiger partial charge in [0.25, 0.3) is 0 Å². The number of nitrogens with zero attached hydrogens (tertiary/aromatic N) is 1. The van der Waals surface area contributed by atoms with Gasteiger partial charge in [-0.25, -0.2) is 0 Å². The van der Waals surface area contributed by atoms with Crippen molar-refractivity contribution in [1.82, 2.24) is 0 Å². The quantitative estimate of drug-likeness (QED) is 0.333. The molecular weight excluding hydrogens is 254 g/mol. The number of rotatable bonds is 6. The lowest BCUT2D eigenvalue weighted by Gasteiger charge is -2.49. The summed E-state index contributed by atoms with van der Waals surface area (Å²) in [7, 11) is 2.46. The summed E-state index contributed by atoms with van der Waals surface area (Å²) in [6.07, 6.45) is 10.4. The molecule has 0 N–H and O–H groups in total. The van der Waals surface area contributed by atoms with Gasteiger partial charge < -0.3 is 4.48 Å². The second kappa shape index (κ2) is 8.17. The average Bonchev–Trinajstić information content (AvgIpc) is 2.37. The van der Waals surface area contributed by atoms with E-state index in [1.54, 1.807) is 0 Å². The molecule has 0 saturated carbocycles. The molecule has 1 aliphatic heterocycles. The van der Waals surface area contributed by atoms with Crippen LogP contribution in [0.3, 0.4) is 0 Å². The summed E-state index contributed by atoms with van der Waals surface area (Å²) in [6.45, 7) is 17.3. The van der Waals surface area contributed by atoms with E-state index in [1.807, 2.05) is 0 Å². The molecule has 21 heavy (non-hydrogen) atoms. The van der Waals surface area contributed by atoms with Crippen molar-refractivity contribution in [3.8, 4) is 0 Å². The third kappa shape index (κ3) is 4.71.